The monoisotopic (exact) mass is 234 g/mol. The van der Waals surface area contributed by atoms with Gasteiger partial charge in [0.15, 0.2) is 0 Å². The lowest BCUT2D eigenvalue weighted by molar-refractivity contribution is 0.144. The molecule has 0 spiro atoms. The summed E-state index contributed by atoms with van der Waals surface area (Å²) in [7, 11) is 0. The molecule has 1 aromatic carbocycles. The molecule has 0 saturated carbocycles. The number of phenolic OH excluding ortho intramolecular Hbond substituents is 1. The molecule has 1 unspecified atom stereocenters. The van der Waals surface area contributed by atoms with Crippen LogP contribution in [0.2, 0.25) is 0 Å². The molecule has 1 aliphatic rings. The van der Waals surface area contributed by atoms with Crippen LogP contribution in [-0.4, -0.2) is 35.7 Å². The Labute approximate surface area is 103 Å². The van der Waals surface area contributed by atoms with E-state index in [9.17, 15) is 5.11 Å². The van der Waals surface area contributed by atoms with Crippen molar-refractivity contribution in [3.05, 3.63) is 29.8 Å². The van der Waals surface area contributed by atoms with Gasteiger partial charge in [0, 0.05) is 32.2 Å². The van der Waals surface area contributed by atoms with Crippen LogP contribution >= 0.6 is 0 Å². The summed E-state index contributed by atoms with van der Waals surface area (Å²) in [5.74, 6) is 0.346. The van der Waals surface area contributed by atoms with E-state index in [0.717, 1.165) is 26.2 Å². The smallest absolute Gasteiger partial charge is 0.115 e. The average Bonchev–Trinajstić information content (AvgIpc) is 2.35. The van der Waals surface area contributed by atoms with Crippen molar-refractivity contribution in [3.63, 3.8) is 0 Å². The van der Waals surface area contributed by atoms with Crippen molar-refractivity contribution in [3.8, 4) is 5.75 Å². The first-order valence-electron chi connectivity index (χ1n) is 6.52. The van der Waals surface area contributed by atoms with E-state index < -0.39 is 0 Å². The van der Waals surface area contributed by atoms with Gasteiger partial charge in [-0.05, 0) is 24.1 Å². The molecular weight excluding hydrogens is 212 g/mol. The van der Waals surface area contributed by atoms with Crippen molar-refractivity contribution in [1.29, 1.82) is 0 Å². The van der Waals surface area contributed by atoms with Gasteiger partial charge in [-0.15, -0.1) is 0 Å². The van der Waals surface area contributed by atoms with E-state index in [1.807, 2.05) is 12.1 Å². The van der Waals surface area contributed by atoms with Crippen molar-refractivity contribution >= 4 is 0 Å². The summed E-state index contributed by atoms with van der Waals surface area (Å²) in [6, 6.07) is 8.22. The predicted molar refractivity (Wildman–Crippen MR) is 70.1 cm³/mol. The van der Waals surface area contributed by atoms with Crippen LogP contribution in [0.4, 0.5) is 0 Å². The molecule has 0 radical (unpaired) electrons. The number of hydrogen-bond acceptors (Lipinski definition) is 3. The molecule has 17 heavy (non-hydrogen) atoms. The van der Waals surface area contributed by atoms with Gasteiger partial charge in [-0.3, -0.25) is 4.90 Å². The number of nitrogens with one attached hydrogen (secondary N) is 1. The molecule has 0 aliphatic carbocycles. The molecule has 2 rings (SSSR count). The quantitative estimate of drug-likeness (QED) is 0.836. The molecule has 1 heterocycles. The minimum Gasteiger partial charge on any atom is -0.508 e. The third-order valence-corrected chi connectivity index (χ3v) is 3.42. The number of aromatic hydroxyl groups is 1. The predicted octanol–water partition coefficient (Wildman–Crippen LogP) is 1.97. The van der Waals surface area contributed by atoms with Crippen molar-refractivity contribution in [1.82, 2.24) is 10.2 Å². The third-order valence-electron chi connectivity index (χ3n) is 3.42. The second kappa shape index (κ2) is 6.03. The van der Waals surface area contributed by atoms with E-state index in [0.29, 0.717) is 11.8 Å². The second-order valence-corrected chi connectivity index (χ2v) is 4.78. The van der Waals surface area contributed by atoms with E-state index in [4.69, 9.17) is 0 Å². The molecule has 1 atom stereocenters. The Morgan fingerprint density at radius 3 is 2.82 bits per heavy atom. The summed E-state index contributed by atoms with van der Waals surface area (Å²) in [6.07, 6.45) is 2.49. The van der Waals surface area contributed by atoms with Gasteiger partial charge in [-0.2, -0.15) is 0 Å². The minimum atomic E-state index is 0.346. The van der Waals surface area contributed by atoms with Gasteiger partial charge in [0.1, 0.15) is 5.75 Å². The molecular formula is C14H22N2O. The third kappa shape index (κ3) is 3.45. The molecule has 1 fully saturated rings. The van der Waals surface area contributed by atoms with E-state index >= 15 is 0 Å². The Morgan fingerprint density at radius 2 is 2.12 bits per heavy atom. The van der Waals surface area contributed by atoms with Gasteiger partial charge in [0.05, 0.1) is 0 Å². The van der Waals surface area contributed by atoms with Gasteiger partial charge in [0.25, 0.3) is 0 Å². The molecule has 0 aromatic heterocycles. The van der Waals surface area contributed by atoms with E-state index in [1.165, 1.54) is 18.4 Å². The summed E-state index contributed by atoms with van der Waals surface area (Å²) < 4.78 is 0. The second-order valence-electron chi connectivity index (χ2n) is 4.78. The summed E-state index contributed by atoms with van der Waals surface area (Å²) in [5, 5.41) is 12.7. The number of nitrogens with zero attached hydrogens (tertiary/aromatic N) is 1. The highest BCUT2D eigenvalue weighted by Crippen LogP contribution is 2.16. The lowest BCUT2D eigenvalue weighted by Gasteiger charge is -2.36. The first-order valence-corrected chi connectivity index (χ1v) is 6.52. The number of piperazine rings is 1. The zero-order valence-corrected chi connectivity index (χ0v) is 10.5. The van der Waals surface area contributed by atoms with Gasteiger partial charge >= 0.3 is 0 Å². The lowest BCUT2D eigenvalue weighted by atomic mass is 10.1. The Balaban J connectivity index is 1.97. The Hall–Kier alpha value is -1.06. The fourth-order valence-corrected chi connectivity index (χ4v) is 2.46. The van der Waals surface area contributed by atoms with Crippen LogP contribution in [0, 0.1) is 0 Å². The molecule has 1 aliphatic heterocycles. The van der Waals surface area contributed by atoms with Gasteiger partial charge in [-0.25, -0.2) is 0 Å². The molecule has 3 heteroatoms. The summed E-state index contributed by atoms with van der Waals surface area (Å²) >= 11 is 0. The standard InChI is InChI=1S/C14H22N2O/c1-2-3-13-10-15-8-9-16(13)11-12-4-6-14(17)7-5-12/h4-7,13,15,17H,2-3,8-11H2,1H3. The highest BCUT2D eigenvalue weighted by Gasteiger charge is 2.20. The van der Waals surface area contributed by atoms with Gasteiger partial charge < -0.3 is 10.4 Å². The molecule has 1 aromatic rings. The summed E-state index contributed by atoms with van der Waals surface area (Å²) in [5.41, 5.74) is 1.28. The Morgan fingerprint density at radius 1 is 1.35 bits per heavy atom. The first-order chi connectivity index (χ1) is 8.29. The molecule has 1 saturated heterocycles. The van der Waals surface area contributed by atoms with Crippen LogP contribution in [0.15, 0.2) is 24.3 Å². The lowest BCUT2D eigenvalue weighted by Crippen LogP contribution is -2.50. The number of benzene rings is 1. The van der Waals surface area contributed by atoms with Gasteiger partial charge in [-0.1, -0.05) is 25.5 Å². The van der Waals surface area contributed by atoms with Crippen LogP contribution < -0.4 is 5.32 Å². The summed E-state index contributed by atoms with van der Waals surface area (Å²) in [4.78, 5) is 2.55. The van der Waals surface area contributed by atoms with E-state index in [-0.39, 0.29) is 0 Å². The largest absolute Gasteiger partial charge is 0.508 e. The minimum absolute atomic E-state index is 0.346. The van der Waals surface area contributed by atoms with Crippen LogP contribution in [0.5, 0.6) is 5.75 Å². The van der Waals surface area contributed by atoms with Crippen molar-refractivity contribution in [2.75, 3.05) is 19.6 Å². The fraction of sp³-hybridized carbons (Fsp3) is 0.571. The number of phenols is 1. The fourth-order valence-electron chi connectivity index (χ4n) is 2.46. The van der Waals surface area contributed by atoms with Crippen molar-refractivity contribution in [2.24, 2.45) is 0 Å². The maximum absolute atomic E-state index is 9.28. The molecule has 0 amide bonds. The van der Waals surface area contributed by atoms with Crippen molar-refractivity contribution in [2.45, 2.75) is 32.4 Å². The molecule has 94 valence electrons. The highest BCUT2D eigenvalue weighted by atomic mass is 16.3. The maximum atomic E-state index is 9.28. The van der Waals surface area contributed by atoms with Crippen LogP contribution in [0.25, 0.3) is 0 Å². The first kappa shape index (κ1) is 12.4. The van der Waals surface area contributed by atoms with Gasteiger partial charge in [0.2, 0.25) is 0 Å². The Kier molecular flexibility index (Phi) is 4.40. The van der Waals surface area contributed by atoms with Crippen LogP contribution in [-0.2, 0) is 6.54 Å². The average molecular weight is 234 g/mol. The molecule has 3 nitrogen and oxygen atoms in total. The van der Waals surface area contributed by atoms with E-state index in [1.54, 1.807) is 12.1 Å². The van der Waals surface area contributed by atoms with Crippen LogP contribution in [0.1, 0.15) is 25.3 Å². The molecule has 0 bridgehead atoms. The zero-order chi connectivity index (χ0) is 12.1. The number of rotatable bonds is 4. The van der Waals surface area contributed by atoms with Crippen molar-refractivity contribution < 1.29 is 5.11 Å². The maximum Gasteiger partial charge on any atom is 0.115 e. The summed E-state index contributed by atoms with van der Waals surface area (Å²) in [6.45, 7) is 6.54. The zero-order valence-electron chi connectivity index (χ0n) is 10.5. The topological polar surface area (TPSA) is 35.5 Å². The highest BCUT2D eigenvalue weighted by molar-refractivity contribution is 5.25. The van der Waals surface area contributed by atoms with E-state index in [2.05, 4.69) is 17.1 Å². The van der Waals surface area contributed by atoms with Crippen LogP contribution in [0.3, 0.4) is 0 Å². The number of hydrogen-bond donors (Lipinski definition) is 2. The molecule has 2 N–H and O–H groups in total. The SMILES string of the molecule is CCCC1CNCCN1Cc1ccc(O)cc1. The normalized spacial score (nSPS) is 21.6. The Bertz CT molecular complexity index is 335.